The van der Waals surface area contributed by atoms with Crippen molar-refractivity contribution in [3.8, 4) is 0 Å². The van der Waals surface area contributed by atoms with Crippen molar-refractivity contribution in [1.82, 2.24) is 9.97 Å². The maximum Gasteiger partial charge on any atom is 0.225 e. The highest BCUT2D eigenvalue weighted by molar-refractivity contribution is 7.16. The van der Waals surface area contributed by atoms with E-state index in [0.717, 1.165) is 22.6 Å². The van der Waals surface area contributed by atoms with Crippen molar-refractivity contribution in [3.05, 3.63) is 16.7 Å². The molecule has 2 aromatic rings. The van der Waals surface area contributed by atoms with Gasteiger partial charge in [-0.15, -0.1) is 11.3 Å². The molecule has 0 amide bonds. The van der Waals surface area contributed by atoms with Crippen LogP contribution in [0, 0.1) is 0 Å². The molecule has 6 heteroatoms. The van der Waals surface area contributed by atoms with Crippen molar-refractivity contribution >= 4 is 39.0 Å². The van der Waals surface area contributed by atoms with E-state index in [0.29, 0.717) is 11.9 Å². The number of anilines is 1. The van der Waals surface area contributed by atoms with Gasteiger partial charge in [0.15, 0.2) is 0 Å². The van der Waals surface area contributed by atoms with Crippen molar-refractivity contribution in [2.75, 3.05) is 25.2 Å². The fraction of sp³-hybridized carbons (Fsp3) is 0.500. The van der Waals surface area contributed by atoms with Crippen LogP contribution in [0.3, 0.4) is 0 Å². The lowest BCUT2D eigenvalue weighted by Gasteiger charge is -2.29. The minimum absolute atomic E-state index is 0.245. The molecule has 2 heterocycles. The van der Waals surface area contributed by atoms with Crippen molar-refractivity contribution in [2.24, 2.45) is 0 Å². The van der Waals surface area contributed by atoms with Gasteiger partial charge in [0.05, 0.1) is 18.0 Å². The third-order valence-corrected chi connectivity index (χ3v) is 3.81. The van der Waals surface area contributed by atoms with Gasteiger partial charge in [-0.25, -0.2) is 4.98 Å². The first-order chi connectivity index (χ1) is 8.67. The molecule has 98 valence electrons. The smallest absolute Gasteiger partial charge is 0.225 e. The van der Waals surface area contributed by atoms with Gasteiger partial charge in [0, 0.05) is 13.7 Å². The number of methoxy groups -OCH3 is 1. The number of nitrogens with zero attached hydrogens (tertiary/aromatic N) is 3. The molecule has 0 aliphatic rings. The lowest BCUT2D eigenvalue weighted by molar-refractivity contribution is 0.182. The van der Waals surface area contributed by atoms with Crippen LogP contribution in [0.1, 0.15) is 13.8 Å². The topological polar surface area (TPSA) is 38.2 Å². The van der Waals surface area contributed by atoms with Gasteiger partial charge in [-0.05, 0) is 36.9 Å². The van der Waals surface area contributed by atoms with E-state index in [4.69, 9.17) is 16.3 Å². The Morgan fingerprint density at radius 2 is 2.28 bits per heavy atom. The zero-order chi connectivity index (χ0) is 13.1. The third kappa shape index (κ3) is 2.58. The lowest BCUT2D eigenvalue weighted by atomic mass is 10.2. The number of likely N-dealkylation sites (N-methyl/N-ethyl adjacent to an activating group) is 1. The van der Waals surface area contributed by atoms with Crippen LogP contribution in [0.15, 0.2) is 11.4 Å². The molecule has 1 atom stereocenters. The largest absolute Gasteiger partial charge is 0.383 e. The molecule has 0 spiro atoms. The third-order valence-electron chi connectivity index (χ3n) is 2.83. The minimum atomic E-state index is 0.245. The predicted molar refractivity (Wildman–Crippen MR) is 76.8 cm³/mol. The Labute approximate surface area is 116 Å². The average molecular weight is 286 g/mol. The van der Waals surface area contributed by atoms with Crippen LogP contribution in [0.2, 0.25) is 5.28 Å². The van der Waals surface area contributed by atoms with Crippen molar-refractivity contribution < 1.29 is 4.74 Å². The zero-order valence-electron chi connectivity index (χ0n) is 10.7. The quantitative estimate of drug-likeness (QED) is 0.791. The summed E-state index contributed by atoms with van der Waals surface area (Å²) in [6.45, 7) is 5.71. The maximum absolute atomic E-state index is 5.99. The van der Waals surface area contributed by atoms with Crippen LogP contribution in [0.4, 0.5) is 5.82 Å². The number of hydrogen-bond acceptors (Lipinski definition) is 5. The molecule has 0 radical (unpaired) electrons. The normalized spacial score (nSPS) is 12.9. The first-order valence-electron chi connectivity index (χ1n) is 5.83. The molecule has 1 unspecified atom stereocenters. The molecule has 0 fully saturated rings. The number of fused-ring (bicyclic) bond motifs is 1. The summed E-state index contributed by atoms with van der Waals surface area (Å²) in [6, 6.07) is 2.28. The number of aromatic nitrogens is 2. The summed E-state index contributed by atoms with van der Waals surface area (Å²) >= 11 is 7.57. The summed E-state index contributed by atoms with van der Waals surface area (Å²) in [5, 5.41) is 3.35. The van der Waals surface area contributed by atoms with Gasteiger partial charge in [-0.1, -0.05) is 0 Å². The Morgan fingerprint density at radius 3 is 2.94 bits per heavy atom. The minimum Gasteiger partial charge on any atom is -0.383 e. The molecular formula is C12H16ClN3OS. The number of halogens is 1. The molecule has 18 heavy (non-hydrogen) atoms. The molecule has 0 bridgehead atoms. The highest BCUT2D eigenvalue weighted by Crippen LogP contribution is 2.29. The molecule has 0 aliphatic heterocycles. The molecular weight excluding hydrogens is 270 g/mol. The van der Waals surface area contributed by atoms with Crippen molar-refractivity contribution in [1.29, 1.82) is 0 Å². The molecule has 0 saturated carbocycles. The van der Waals surface area contributed by atoms with Gasteiger partial charge < -0.3 is 9.64 Å². The number of hydrogen-bond donors (Lipinski definition) is 0. The van der Waals surface area contributed by atoms with E-state index in [1.165, 1.54) is 0 Å². The van der Waals surface area contributed by atoms with Crippen LogP contribution in [0.25, 0.3) is 10.2 Å². The van der Waals surface area contributed by atoms with Crippen LogP contribution in [-0.4, -0.2) is 36.3 Å². The summed E-state index contributed by atoms with van der Waals surface area (Å²) in [4.78, 5) is 11.7. The Kier molecular flexibility index (Phi) is 4.37. The molecule has 0 saturated heterocycles. The monoisotopic (exact) mass is 285 g/mol. The summed E-state index contributed by atoms with van der Waals surface area (Å²) < 4.78 is 5.22. The SMILES string of the molecule is CCN(c1nc(Cl)nc2sccc12)C(C)COC. The summed E-state index contributed by atoms with van der Waals surface area (Å²) in [7, 11) is 1.71. The summed E-state index contributed by atoms with van der Waals surface area (Å²) in [5.74, 6) is 0.887. The molecule has 0 N–H and O–H groups in total. The lowest BCUT2D eigenvalue weighted by Crippen LogP contribution is -2.36. The van der Waals surface area contributed by atoms with E-state index in [2.05, 4.69) is 28.7 Å². The van der Waals surface area contributed by atoms with Crippen LogP contribution < -0.4 is 4.90 Å². The first kappa shape index (κ1) is 13.5. The molecule has 2 aromatic heterocycles. The number of ether oxygens (including phenoxy) is 1. The number of rotatable bonds is 5. The van der Waals surface area contributed by atoms with Crippen LogP contribution in [0.5, 0.6) is 0 Å². The summed E-state index contributed by atoms with van der Waals surface area (Å²) in [6.07, 6.45) is 0. The van der Waals surface area contributed by atoms with Gasteiger partial charge >= 0.3 is 0 Å². The van der Waals surface area contributed by atoms with Crippen LogP contribution >= 0.6 is 22.9 Å². The molecule has 4 nitrogen and oxygen atoms in total. The zero-order valence-corrected chi connectivity index (χ0v) is 12.3. The Hall–Kier alpha value is -0.910. The highest BCUT2D eigenvalue weighted by atomic mass is 35.5. The molecule has 0 aliphatic carbocycles. The van der Waals surface area contributed by atoms with Gasteiger partial charge in [0.25, 0.3) is 0 Å². The van der Waals surface area contributed by atoms with Gasteiger partial charge in [-0.3, -0.25) is 0 Å². The first-order valence-corrected chi connectivity index (χ1v) is 7.09. The predicted octanol–water partition coefficient (Wildman–Crippen LogP) is 3.21. The Morgan fingerprint density at radius 1 is 1.50 bits per heavy atom. The van der Waals surface area contributed by atoms with E-state index < -0.39 is 0 Å². The Bertz CT molecular complexity index is 531. The standard InChI is InChI=1S/C12H16ClN3OS/c1-4-16(8(2)7-17-3)10-9-5-6-18-11(9)15-12(13)14-10/h5-6,8H,4,7H2,1-3H3. The second kappa shape index (κ2) is 5.82. The van der Waals surface area contributed by atoms with E-state index >= 15 is 0 Å². The summed E-state index contributed by atoms with van der Waals surface area (Å²) in [5.41, 5.74) is 0. The second-order valence-corrected chi connectivity index (χ2v) is 5.28. The van der Waals surface area contributed by atoms with E-state index in [1.807, 2.05) is 11.4 Å². The fourth-order valence-electron chi connectivity index (χ4n) is 2.03. The molecule has 2 rings (SSSR count). The fourth-order valence-corrected chi connectivity index (χ4v) is 3.01. The highest BCUT2D eigenvalue weighted by Gasteiger charge is 2.18. The van der Waals surface area contributed by atoms with E-state index in [1.54, 1.807) is 18.4 Å². The van der Waals surface area contributed by atoms with E-state index in [9.17, 15) is 0 Å². The maximum atomic E-state index is 5.99. The molecule has 0 aromatic carbocycles. The van der Waals surface area contributed by atoms with Gasteiger partial charge in [0.2, 0.25) is 5.28 Å². The van der Waals surface area contributed by atoms with Gasteiger partial charge in [0.1, 0.15) is 10.6 Å². The van der Waals surface area contributed by atoms with E-state index in [-0.39, 0.29) is 6.04 Å². The second-order valence-electron chi connectivity index (χ2n) is 4.05. The van der Waals surface area contributed by atoms with Crippen LogP contribution in [-0.2, 0) is 4.74 Å². The average Bonchev–Trinajstić information content (AvgIpc) is 2.78. The number of thiophene rings is 1. The van der Waals surface area contributed by atoms with Crippen molar-refractivity contribution in [2.45, 2.75) is 19.9 Å². The van der Waals surface area contributed by atoms with Crippen molar-refractivity contribution in [3.63, 3.8) is 0 Å². The Balaban J connectivity index is 2.46. The van der Waals surface area contributed by atoms with Gasteiger partial charge in [-0.2, -0.15) is 4.98 Å².